The van der Waals surface area contributed by atoms with Crippen molar-refractivity contribution in [1.29, 1.82) is 0 Å². The lowest BCUT2D eigenvalue weighted by Gasteiger charge is -2.20. The summed E-state index contributed by atoms with van der Waals surface area (Å²) < 4.78 is 38.8. The zero-order valence-electron chi connectivity index (χ0n) is 10.0. The molecule has 0 bridgehead atoms. The summed E-state index contributed by atoms with van der Waals surface area (Å²) in [5.74, 6) is -0.780. The van der Waals surface area contributed by atoms with Crippen LogP contribution in [0.4, 0.5) is 13.2 Å². The third-order valence-corrected chi connectivity index (χ3v) is 1.83. The van der Waals surface area contributed by atoms with Crippen molar-refractivity contribution in [2.24, 2.45) is 7.05 Å². The molecule has 4 nitrogen and oxygen atoms in total. The van der Waals surface area contributed by atoms with Gasteiger partial charge in [0.15, 0.2) is 5.69 Å². The summed E-state index contributed by atoms with van der Waals surface area (Å²) >= 11 is 0. The van der Waals surface area contributed by atoms with Gasteiger partial charge in [-0.2, -0.15) is 18.3 Å². The Morgan fingerprint density at radius 3 is 2.29 bits per heavy atom. The highest BCUT2D eigenvalue weighted by atomic mass is 19.4. The highest BCUT2D eigenvalue weighted by Gasteiger charge is 2.39. The summed E-state index contributed by atoms with van der Waals surface area (Å²) in [6.45, 7) is 5.07. The zero-order valence-corrected chi connectivity index (χ0v) is 10.0. The maximum Gasteiger partial charge on any atom is 0.435 e. The van der Waals surface area contributed by atoms with Gasteiger partial charge in [0.25, 0.3) is 5.91 Å². The number of aryl methyl sites for hydroxylation is 1. The minimum atomic E-state index is -4.63. The minimum absolute atomic E-state index is 0.463. The Labute approximate surface area is 96.8 Å². The molecule has 0 saturated heterocycles. The summed E-state index contributed by atoms with van der Waals surface area (Å²) in [5, 5.41) is 5.73. The van der Waals surface area contributed by atoms with Crippen molar-refractivity contribution >= 4 is 5.91 Å². The SMILES string of the molecule is Cn1cc(C(=O)NC(C)(C)C)c(C(F)(F)F)n1. The first-order chi connectivity index (χ1) is 7.50. The predicted molar refractivity (Wildman–Crippen MR) is 55.4 cm³/mol. The van der Waals surface area contributed by atoms with Gasteiger partial charge in [-0.05, 0) is 20.8 Å². The van der Waals surface area contributed by atoms with Crippen molar-refractivity contribution in [3.8, 4) is 0 Å². The number of hydrogen-bond acceptors (Lipinski definition) is 2. The van der Waals surface area contributed by atoms with Crippen molar-refractivity contribution in [1.82, 2.24) is 15.1 Å². The Hall–Kier alpha value is -1.53. The number of alkyl halides is 3. The van der Waals surface area contributed by atoms with Crippen LogP contribution >= 0.6 is 0 Å². The van der Waals surface area contributed by atoms with Crippen LogP contribution in [0.15, 0.2) is 6.20 Å². The second kappa shape index (κ2) is 4.05. The van der Waals surface area contributed by atoms with Gasteiger partial charge in [-0.25, -0.2) is 0 Å². The molecule has 0 fully saturated rings. The van der Waals surface area contributed by atoms with E-state index < -0.39 is 28.9 Å². The second-order valence-electron chi connectivity index (χ2n) is 4.77. The van der Waals surface area contributed by atoms with Crippen molar-refractivity contribution in [2.45, 2.75) is 32.5 Å². The Morgan fingerprint density at radius 1 is 1.35 bits per heavy atom. The number of hydrogen-bond donors (Lipinski definition) is 1. The Kier molecular flexibility index (Phi) is 3.22. The molecule has 0 aliphatic rings. The van der Waals surface area contributed by atoms with Crippen LogP contribution in [0.2, 0.25) is 0 Å². The second-order valence-corrected chi connectivity index (χ2v) is 4.77. The average Bonchev–Trinajstić information content (AvgIpc) is 2.43. The molecular formula is C10H14F3N3O. The lowest BCUT2D eigenvalue weighted by molar-refractivity contribution is -0.141. The largest absolute Gasteiger partial charge is 0.435 e. The number of halogens is 3. The fraction of sp³-hybridized carbons (Fsp3) is 0.600. The fourth-order valence-corrected chi connectivity index (χ4v) is 1.27. The average molecular weight is 249 g/mol. The molecule has 1 amide bonds. The van der Waals surface area contributed by atoms with E-state index >= 15 is 0 Å². The topological polar surface area (TPSA) is 46.9 Å². The summed E-state index contributed by atoms with van der Waals surface area (Å²) in [7, 11) is 1.34. The summed E-state index contributed by atoms with van der Waals surface area (Å²) in [6, 6.07) is 0. The van der Waals surface area contributed by atoms with Crippen LogP contribution in [-0.4, -0.2) is 21.2 Å². The van der Waals surface area contributed by atoms with E-state index in [2.05, 4.69) is 10.4 Å². The summed E-state index contributed by atoms with van der Waals surface area (Å²) in [5.41, 5.74) is -2.23. The van der Waals surface area contributed by atoms with E-state index in [-0.39, 0.29) is 0 Å². The smallest absolute Gasteiger partial charge is 0.347 e. The van der Waals surface area contributed by atoms with Gasteiger partial charge in [0.2, 0.25) is 0 Å². The van der Waals surface area contributed by atoms with Gasteiger partial charge in [0.1, 0.15) is 0 Å². The molecule has 0 radical (unpaired) electrons. The van der Waals surface area contributed by atoms with E-state index in [0.717, 1.165) is 10.9 Å². The molecule has 0 aromatic carbocycles. The number of rotatable bonds is 1. The third-order valence-electron chi connectivity index (χ3n) is 1.83. The minimum Gasteiger partial charge on any atom is -0.347 e. The maximum absolute atomic E-state index is 12.6. The fourth-order valence-electron chi connectivity index (χ4n) is 1.27. The van der Waals surface area contributed by atoms with E-state index in [1.165, 1.54) is 7.05 Å². The van der Waals surface area contributed by atoms with Crippen molar-refractivity contribution in [3.05, 3.63) is 17.5 Å². The number of aromatic nitrogens is 2. The van der Waals surface area contributed by atoms with E-state index in [9.17, 15) is 18.0 Å². The normalized spacial score (nSPS) is 12.6. The van der Waals surface area contributed by atoms with E-state index in [0.29, 0.717) is 0 Å². The van der Waals surface area contributed by atoms with E-state index in [1.807, 2.05) is 0 Å². The Balaban J connectivity index is 3.10. The number of nitrogens with zero attached hydrogens (tertiary/aromatic N) is 2. The molecule has 0 aliphatic heterocycles. The standard InChI is InChI=1S/C10H14F3N3O/c1-9(2,3)14-8(17)6-5-16(4)15-7(6)10(11,12)13/h5H,1-4H3,(H,14,17). The third kappa shape index (κ3) is 3.47. The number of amides is 1. The number of carbonyl (C=O) groups is 1. The molecule has 0 atom stereocenters. The Bertz CT molecular complexity index is 429. The lowest BCUT2D eigenvalue weighted by Crippen LogP contribution is -2.41. The summed E-state index contributed by atoms with van der Waals surface area (Å²) in [6.07, 6.45) is -3.57. The molecular weight excluding hydrogens is 235 g/mol. The number of nitrogens with one attached hydrogen (secondary N) is 1. The van der Waals surface area contributed by atoms with E-state index in [1.54, 1.807) is 20.8 Å². The monoisotopic (exact) mass is 249 g/mol. The number of carbonyl (C=O) groups excluding carboxylic acids is 1. The first kappa shape index (κ1) is 13.5. The van der Waals surface area contributed by atoms with Gasteiger partial charge in [0, 0.05) is 18.8 Å². The molecule has 1 heterocycles. The highest BCUT2D eigenvalue weighted by Crippen LogP contribution is 2.30. The highest BCUT2D eigenvalue weighted by molar-refractivity contribution is 5.95. The molecule has 0 saturated carbocycles. The molecule has 1 rings (SSSR count). The van der Waals surface area contributed by atoms with Crippen molar-refractivity contribution < 1.29 is 18.0 Å². The summed E-state index contributed by atoms with van der Waals surface area (Å²) in [4.78, 5) is 11.7. The van der Waals surface area contributed by atoms with Crippen molar-refractivity contribution in [2.75, 3.05) is 0 Å². The molecule has 96 valence electrons. The van der Waals surface area contributed by atoms with Gasteiger partial charge in [-0.15, -0.1) is 0 Å². The van der Waals surface area contributed by atoms with Gasteiger partial charge in [-0.1, -0.05) is 0 Å². The first-order valence-corrected chi connectivity index (χ1v) is 4.94. The lowest BCUT2D eigenvalue weighted by atomic mass is 10.1. The molecule has 0 aliphatic carbocycles. The molecule has 1 aromatic heterocycles. The molecule has 1 aromatic rings. The van der Waals surface area contributed by atoms with Crippen molar-refractivity contribution in [3.63, 3.8) is 0 Å². The van der Waals surface area contributed by atoms with Gasteiger partial charge >= 0.3 is 6.18 Å². The predicted octanol–water partition coefficient (Wildman–Crippen LogP) is 1.97. The van der Waals surface area contributed by atoms with Gasteiger partial charge in [0.05, 0.1) is 5.56 Å². The Morgan fingerprint density at radius 2 is 1.88 bits per heavy atom. The first-order valence-electron chi connectivity index (χ1n) is 4.94. The molecule has 17 heavy (non-hydrogen) atoms. The van der Waals surface area contributed by atoms with Crippen LogP contribution in [0.25, 0.3) is 0 Å². The molecule has 0 spiro atoms. The molecule has 7 heteroatoms. The van der Waals surface area contributed by atoms with E-state index in [4.69, 9.17) is 0 Å². The maximum atomic E-state index is 12.6. The van der Waals surface area contributed by atoms with Crippen LogP contribution < -0.4 is 5.32 Å². The van der Waals surface area contributed by atoms with Crippen LogP contribution in [0.1, 0.15) is 36.8 Å². The van der Waals surface area contributed by atoms with Crippen LogP contribution in [-0.2, 0) is 13.2 Å². The molecule has 0 unspecified atom stereocenters. The van der Waals surface area contributed by atoms with Gasteiger partial charge in [-0.3, -0.25) is 9.48 Å². The quantitative estimate of drug-likeness (QED) is 0.827. The van der Waals surface area contributed by atoms with Gasteiger partial charge < -0.3 is 5.32 Å². The van der Waals surface area contributed by atoms with Crippen LogP contribution in [0.5, 0.6) is 0 Å². The van der Waals surface area contributed by atoms with Crippen LogP contribution in [0.3, 0.4) is 0 Å². The zero-order chi connectivity index (χ0) is 13.4. The molecule has 1 N–H and O–H groups in total. The van der Waals surface area contributed by atoms with Crippen LogP contribution in [0, 0.1) is 0 Å².